The van der Waals surface area contributed by atoms with Gasteiger partial charge in [0.1, 0.15) is 0 Å². The number of nitrogens with two attached hydrogens (primary N) is 3. The molecule has 0 aliphatic carbocycles. The first-order valence-corrected chi connectivity index (χ1v) is 17.7. The van der Waals surface area contributed by atoms with Crippen molar-refractivity contribution in [2.24, 2.45) is 29.4 Å². The highest BCUT2D eigenvalue weighted by Crippen LogP contribution is 2.33. The van der Waals surface area contributed by atoms with Crippen molar-refractivity contribution >= 4 is 23.1 Å². The molecule has 46 heavy (non-hydrogen) atoms. The first kappa shape index (κ1) is 42.8. The van der Waals surface area contributed by atoms with E-state index >= 15 is 0 Å². The van der Waals surface area contributed by atoms with Gasteiger partial charge in [0.25, 0.3) is 0 Å². The van der Waals surface area contributed by atoms with Crippen LogP contribution in [0.15, 0.2) is 67.2 Å². The van der Waals surface area contributed by atoms with Crippen LogP contribution in [0, 0.1) is 30.6 Å². The summed E-state index contributed by atoms with van der Waals surface area (Å²) in [6.45, 7) is 31.0. The van der Waals surface area contributed by atoms with Crippen molar-refractivity contribution < 1.29 is 0 Å². The van der Waals surface area contributed by atoms with E-state index in [0.717, 1.165) is 69.5 Å². The first-order valence-electron chi connectivity index (χ1n) is 17.7. The summed E-state index contributed by atoms with van der Waals surface area (Å²) in [5, 5.41) is 3.47. The van der Waals surface area contributed by atoms with Crippen LogP contribution in [0.2, 0.25) is 0 Å². The second-order valence-corrected chi connectivity index (χ2v) is 13.2. The molecule has 3 aromatic carbocycles. The molecule has 0 aromatic heterocycles. The molecule has 4 heteroatoms. The fourth-order valence-corrected chi connectivity index (χ4v) is 5.97. The van der Waals surface area contributed by atoms with E-state index in [1.54, 1.807) is 0 Å². The molecule has 0 fully saturated rings. The molecule has 0 aliphatic heterocycles. The molecule has 0 saturated heterocycles. The number of hydrogen-bond acceptors (Lipinski definition) is 4. The van der Waals surface area contributed by atoms with Gasteiger partial charge in [-0.3, -0.25) is 0 Å². The molecule has 1 unspecified atom stereocenters. The van der Waals surface area contributed by atoms with Crippen LogP contribution >= 0.6 is 0 Å². The number of nitrogens with one attached hydrogen (secondary N) is 1. The third kappa shape index (κ3) is 14.0. The Kier molecular flexibility index (Phi) is 20.7. The fourth-order valence-electron chi connectivity index (χ4n) is 5.97. The molecule has 0 aliphatic rings. The van der Waals surface area contributed by atoms with E-state index in [1.807, 2.05) is 76.2 Å². The third-order valence-electron chi connectivity index (χ3n) is 8.91. The summed E-state index contributed by atoms with van der Waals surface area (Å²) < 4.78 is 0. The Morgan fingerprint density at radius 3 is 1.70 bits per heavy atom. The van der Waals surface area contributed by atoms with Gasteiger partial charge in [-0.2, -0.15) is 0 Å². The molecule has 7 N–H and O–H groups in total. The summed E-state index contributed by atoms with van der Waals surface area (Å²) in [6, 6.07) is 20.1. The zero-order valence-corrected chi connectivity index (χ0v) is 31.6. The normalized spacial score (nSPS) is 11.5. The maximum atomic E-state index is 6.21. The highest BCUT2D eigenvalue weighted by Gasteiger charge is 2.19. The SMILES string of the molecule is C=Cc1c(N)cccc1NCCC(CC)C(C)C.CC.CCC(CC)C(C)C.Cc1c(-c2ccccc2N)cccc1C(C)(C)N. The van der Waals surface area contributed by atoms with Crippen molar-refractivity contribution in [2.75, 3.05) is 23.3 Å². The van der Waals surface area contributed by atoms with Crippen LogP contribution in [-0.2, 0) is 5.54 Å². The van der Waals surface area contributed by atoms with E-state index in [0.29, 0.717) is 0 Å². The van der Waals surface area contributed by atoms with Gasteiger partial charge in [-0.05, 0) is 85.8 Å². The van der Waals surface area contributed by atoms with E-state index in [4.69, 9.17) is 17.2 Å². The Labute approximate surface area is 284 Å². The summed E-state index contributed by atoms with van der Waals surface area (Å²) in [5.41, 5.74) is 26.1. The van der Waals surface area contributed by atoms with Crippen LogP contribution < -0.4 is 22.5 Å². The molecule has 4 nitrogen and oxygen atoms in total. The molecular weight excluding hydrogens is 560 g/mol. The molecule has 1 atom stereocenters. The quantitative estimate of drug-likeness (QED) is 0.150. The van der Waals surface area contributed by atoms with Gasteiger partial charge in [0.15, 0.2) is 0 Å². The van der Waals surface area contributed by atoms with Gasteiger partial charge in [-0.1, -0.05) is 137 Å². The monoisotopic (exact) mass is 631 g/mol. The van der Waals surface area contributed by atoms with E-state index in [-0.39, 0.29) is 5.54 Å². The third-order valence-corrected chi connectivity index (χ3v) is 8.91. The average molecular weight is 631 g/mol. The van der Waals surface area contributed by atoms with Crippen LogP contribution in [0.1, 0.15) is 119 Å². The predicted octanol–water partition coefficient (Wildman–Crippen LogP) is 11.9. The number of rotatable bonds is 12. The Balaban J connectivity index is 0.000000688. The van der Waals surface area contributed by atoms with E-state index in [9.17, 15) is 0 Å². The lowest BCUT2D eigenvalue weighted by Gasteiger charge is -2.23. The molecule has 0 amide bonds. The molecule has 0 saturated carbocycles. The van der Waals surface area contributed by atoms with E-state index in [2.05, 4.69) is 85.5 Å². The topological polar surface area (TPSA) is 90.1 Å². The summed E-state index contributed by atoms with van der Waals surface area (Å²) in [5.74, 6) is 3.36. The summed E-state index contributed by atoms with van der Waals surface area (Å²) in [6.07, 6.45) is 6.93. The fraction of sp³-hybridized carbons (Fsp3) is 0.524. The molecular formula is C42H70N4. The van der Waals surface area contributed by atoms with Gasteiger partial charge in [0.05, 0.1) is 0 Å². The smallest absolute Gasteiger partial charge is 0.0434 e. The predicted molar refractivity (Wildman–Crippen MR) is 211 cm³/mol. The molecule has 258 valence electrons. The molecule has 0 spiro atoms. The second kappa shape index (κ2) is 22.3. The Bertz CT molecular complexity index is 1250. The first-order chi connectivity index (χ1) is 21.7. The van der Waals surface area contributed by atoms with Crippen LogP contribution in [-0.4, -0.2) is 6.54 Å². The minimum Gasteiger partial charge on any atom is -0.398 e. The second-order valence-electron chi connectivity index (χ2n) is 13.2. The molecule has 0 radical (unpaired) electrons. The van der Waals surface area contributed by atoms with Crippen molar-refractivity contribution in [1.29, 1.82) is 0 Å². The zero-order valence-electron chi connectivity index (χ0n) is 31.6. The van der Waals surface area contributed by atoms with Crippen molar-refractivity contribution in [3.63, 3.8) is 0 Å². The van der Waals surface area contributed by atoms with Crippen LogP contribution in [0.4, 0.5) is 17.1 Å². The standard InChI is InChI=1S/C16H20N2.C16H26N2.C8H18.C2H6/c1-11-12(13-7-4-5-10-15(13)17)8-6-9-14(11)16(2,3)18;1-5-13(12(3)4)10-11-18-16-9-7-8-15(17)14(16)6-2;1-5-8(6-2)7(3)4;1-2/h4-10H,17-18H2,1-3H3;6-9,12-13,18H,2,5,10-11,17H2,1,3-4H3;7-8H,5-6H2,1-4H3;1-2H3. The van der Waals surface area contributed by atoms with Gasteiger partial charge >= 0.3 is 0 Å². The number of hydrogen-bond donors (Lipinski definition) is 4. The lowest BCUT2D eigenvalue weighted by molar-refractivity contribution is 0.357. The van der Waals surface area contributed by atoms with E-state index < -0.39 is 0 Å². The zero-order chi connectivity index (χ0) is 35.4. The van der Waals surface area contributed by atoms with Crippen LogP contribution in [0.25, 0.3) is 17.2 Å². The molecule has 3 aromatic rings. The van der Waals surface area contributed by atoms with Crippen LogP contribution in [0.5, 0.6) is 0 Å². The summed E-state index contributed by atoms with van der Waals surface area (Å²) in [7, 11) is 0. The lowest BCUT2D eigenvalue weighted by atomic mass is 9.87. The maximum Gasteiger partial charge on any atom is 0.0434 e. The lowest BCUT2D eigenvalue weighted by Crippen LogP contribution is -2.29. The van der Waals surface area contributed by atoms with Crippen molar-refractivity contribution in [3.8, 4) is 11.1 Å². The minimum absolute atomic E-state index is 0.344. The molecule has 3 rings (SSSR count). The molecule has 0 heterocycles. The van der Waals surface area contributed by atoms with Gasteiger partial charge < -0.3 is 22.5 Å². The van der Waals surface area contributed by atoms with Gasteiger partial charge in [-0.25, -0.2) is 0 Å². The highest BCUT2D eigenvalue weighted by atomic mass is 14.9. The highest BCUT2D eigenvalue weighted by molar-refractivity contribution is 5.79. The Hall–Kier alpha value is -3.24. The summed E-state index contributed by atoms with van der Waals surface area (Å²) >= 11 is 0. The van der Waals surface area contributed by atoms with Gasteiger partial charge in [-0.15, -0.1) is 0 Å². The van der Waals surface area contributed by atoms with E-state index in [1.165, 1.54) is 31.2 Å². The van der Waals surface area contributed by atoms with Gasteiger partial charge in [0, 0.05) is 40.3 Å². The summed E-state index contributed by atoms with van der Waals surface area (Å²) in [4.78, 5) is 0. The largest absolute Gasteiger partial charge is 0.398 e. The van der Waals surface area contributed by atoms with Crippen LogP contribution in [0.3, 0.4) is 0 Å². The average Bonchev–Trinajstić information content (AvgIpc) is 3.01. The number of nitrogen functional groups attached to an aromatic ring is 2. The minimum atomic E-state index is -0.344. The Morgan fingerprint density at radius 1 is 0.739 bits per heavy atom. The molecule has 0 bridgehead atoms. The van der Waals surface area contributed by atoms with Gasteiger partial charge in [0.2, 0.25) is 0 Å². The number of para-hydroxylation sites is 1. The Morgan fingerprint density at radius 2 is 1.24 bits per heavy atom. The number of benzene rings is 3. The van der Waals surface area contributed by atoms with Crippen molar-refractivity contribution in [1.82, 2.24) is 0 Å². The van der Waals surface area contributed by atoms with Crippen molar-refractivity contribution in [3.05, 3.63) is 83.9 Å². The number of anilines is 3. The maximum absolute atomic E-state index is 6.21. The van der Waals surface area contributed by atoms with Crippen molar-refractivity contribution in [2.45, 2.75) is 114 Å².